The van der Waals surface area contributed by atoms with Crippen LogP contribution in [0.2, 0.25) is 0 Å². The maximum atomic E-state index is 6.23. The maximum absolute atomic E-state index is 6.23. The second kappa shape index (κ2) is 9.60. The van der Waals surface area contributed by atoms with Crippen LogP contribution in [0.1, 0.15) is 50.8 Å². The normalized spacial score (nSPS) is 25.4. The van der Waals surface area contributed by atoms with Gasteiger partial charge >= 0.3 is 0 Å². The number of hydrogen-bond acceptors (Lipinski definition) is 3. The van der Waals surface area contributed by atoms with E-state index in [1.54, 1.807) is 0 Å². The second-order valence-electron chi connectivity index (χ2n) is 6.51. The fourth-order valence-electron chi connectivity index (χ4n) is 3.61. The van der Waals surface area contributed by atoms with E-state index in [-0.39, 0.29) is 30.1 Å². The lowest BCUT2D eigenvalue weighted by molar-refractivity contribution is 0.0850. The topological polar surface area (TPSA) is 68.7 Å². The lowest BCUT2D eigenvalue weighted by Crippen LogP contribution is -2.38. The molecule has 2 aliphatic heterocycles. The Morgan fingerprint density at radius 2 is 2.08 bits per heavy atom. The Labute approximate surface area is 161 Å². The molecule has 0 saturated carbocycles. The van der Waals surface area contributed by atoms with Gasteiger partial charge in [0.05, 0.1) is 5.69 Å². The molecule has 0 aliphatic carbocycles. The number of nitrogens with zero attached hydrogens (tertiary/aromatic N) is 4. The summed E-state index contributed by atoms with van der Waals surface area (Å²) in [5, 5.41) is 4.36. The minimum atomic E-state index is 0. The quantitative estimate of drug-likeness (QED) is 0.438. The predicted octanol–water partition coefficient (Wildman–Crippen LogP) is 2.79. The van der Waals surface area contributed by atoms with Crippen LogP contribution < -0.4 is 5.73 Å². The molecule has 0 aromatic carbocycles. The van der Waals surface area contributed by atoms with E-state index in [1.165, 1.54) is 31.4 Å². The van der Waals surface area contributed by atoms with E-state index in [4.69, 9.17) is 15.5 Å². The predicted molar refractivity (Wildman–Crippen MR) is 107 cm³/mol. The zero-order valence-electron chi connectivity index (χ0n) is 14.6. The third kappa shape index (κ3) is 4.62. The van der Waals surface area contributed by atoms with Gasteiger partial charge in [-0.2, -0.15) is 5.10 Å². The van der Waals surface area contributed by atoms with Crippen LogP contribution in [0.4, 0.5) is 0 Å². The number of ether oxygens (including phenoxy) is 1. The third-order valence-electron chi connectivity index (χ3n) is 4.97. The SMILES string of the molecule is CCn1nccc1[C@@H]1OCC[C@H]1CN=C(N)N1CCCCCC1.I. The fourth-order valence-corrected chi connectivity index (χ4v) is 3.61. The van der Waals surface area contributed by atoms with Crippen LogP contribution in [-0.2, 0) is 11.3 Å². The van der Waals surface area contributed by atoms with Crippen molar-refractivity contribution < 1.29 is 4.74 Å². The van der Waals surface area contributed by atoms with Crippen LogP contribution in [0.25, 0.3) is 0 Å². The van der Waals surface area contributed by atoms with Crippen LogP contribution >= 0.6 is 24.0 Å². The van der Waals surface area contributed by atoms with Gasteiger partial charge in [0.1, 0.15) is 6.10 Å². The van der Waals surface area contributed by atoms with Crippen molar-refractivity contribution in [3.8, 4) is 0 Å². The van der Waals surface area contributed by atoms with E-state index < -0.39 is 0 Å². The van der Waals surface area contributed by atoms with Crippen molar-refractivity contribution in [1.29, 1.82) is 0 Å². The monoisotopic (exact) mass is 447 g/mol. The number of hydrogen-bond donors (Lipinski definition) is 1. The first-order valence-electron chi connectivity index (χ1n) is 8.97. The van der Waals surface area contributed by atoms with Crippen LogP contribution in [-0.4, -0.2) is 46.9 Å². The molecule has 2 N–H and O–H groups in total. The molecular weight excluding hydrogens is 417 g/mol. The third-order valence-corrected chi connectivity index (χ3v) is 4.97. The van der Waals surface area contributed by atoms with Crippen molar-refractivity contribution in [1.82, 2.24) is 14.7 Å². The molecule has 136 valence electrons. The van der Waals surface area contributed by atoms with Crippen molar-refractivity contribution in [2.75, 3.05) is 26.2 Å². The largest absolute Gasteiger partial charge is 0.372 e. The molecule has 0 unspecified atom stereocenters. The summed E-state index contributed by atoms with van der Waals surface area (Å²) in [7, 11) is 0. The van der Waals surface area contributed by atoms with Crippen molar-refractivity contribution in [3.63, 3.8) is 0 Å². The fraction of sp³-hybridized carbons (Fsp3) is 0.765. The average Bonchev–Trinajstić information content (AvgIpc) is 3.13. The van der Waals surface area contributed by atoms with E-state index >= 15 is 0 Å². The van der Waals surface area contributed by atoms with Crippen molar-refractivity contribution >= 4 is 29.9 Å². The molecule has 6 nitrogen and oxygen atoms in total. The summed E-state index contributed by atoms with van der Waals surface area (Å²) in [4.78, 5) is 6.94. The first-order chi connectivity index (χ1) is 11.3. The number of aromatic nitrogens is 2. The van der Waals surface area contributed by atoms with Gasteiger partial charge < -0.3 is 15.4 Å². The van der Waals surface area contributed by atoms with Gasteiger partial charge in [-0.1, -0.05) is 12.8 Å². The second-order valence-corrected chi connectivity index (χ2v) is 6.51. The molecule has 0 amide bonds. The van der Waals surface area contributed by atoms with Crippen molar-refractivity contribution in [3.05, 3.63) is 18.0 Å². The highest BCUT2D eigenvalue weighted by Crippen LogP contribution is 2.34. The minimum Gasteiger partial charge on any atom is -0.372 e. The molecule has 2 saturated heterocycles. The van der Waals surface area contributed by atoms with Gasteiger partial charge in [-0.05, 0) is 32.3 Å². The summed E-state index contributed by atoms with van der Waals surface area (Å²) >= 11 is 0. The zero-order chi connectivity index (χ0) is 16.1. The molecule has 1 aromatic rings. The number of guanidine groups is 1. The average molecular weight is 447 g/mol. The smallest absolute Gasteiger partial charge is 0.191 e. The van der Waals surface area contributed by atoms with Crippen LogP contribution in [0.3, 0.4) is 0 Å². The molecule has 1 aromatic heterocycles. The van der Waals surface area contributed by atoms with Crippen molar-refractivity contribution in [2.24, 2.45) is 16.6 Å². The lowest BCUT2D eigenvalue weighted by Gasteiger charge is -2.22. The molecule has 0 spiro atoms. The first kappa shape index (κ1) is 19.5. The number of aryl methyl sites for hydroxylation is 1. The number of likely N-dealkylation sites (tertiary alicyclic amines) is 1. The molecule has 3 heterocycles. The van der Waals surface area contributed by atoms with E-state index in [0.29, 0.717) is 11.9 Å². The number of nitrogens with two attached hydrogens (primary N) is 1. The maximum Gasteiger partial charge on any atom is 0.191 e. The van der Waals surface area contributed by atoms with E-state index in [1.807, 2.05) is 10.9 Å². The van der Waals surface area contributed by atoms with Gasteiger partial charge in [-0.15, -0.1) is 24.0 Å². The summed E-state index contributed by atoms with van der Waals surface area (Å²) < 4.78 is 7.98. The summed E-state index contributed by atoms with van der Waals surface area (Å²) in [6, 6.07) is 2.06. The Kier molecular flexibility index (Phi) is 7.80. The Hall–Kier alpha value is -0.830. The molecule has 24 heavy (non-hydrogen) atoms. The van der Waals surface area contributed by atoms with Gasteiger partial charge in [0, 0.05) is 44.9 Å². The summed E-state index contributed by atoms with van der Waals surface area (Å²) in [5.74, 6) is 1.10. The molecular formula is C17H30IN5O. The highest BCUT2D eigenvalue weighted by atomic mass is 127. The Morgan fingerprint density at radius 1 is 1.33 bits per heavy atom. The standard InChI is InChI=1S/C17H29N5O.HI/c1-2-22-15(7-9-20-22)16-14(8-12-23-16)13-19-17(18)21-10-5-3-4-6-11-21;/h7,9,14,16H,2-6,8,10-13H2,1H3,(H2,18,19);1H/t14-,16+;/m0./s1. The number of rotatable bonds is 4. The van der Waals surface area contributed by atoms with Crippen LogP contribution in [0.5, 0.6) is 0 Å². The van der Waals surface area contributed by atoms with Gasteiger partial charge in [-0.3, -0.25) is 9.67 Å². The van der Waals surface area contributed by atoms with Gasteiger partial charge in [-0.25, -0.2) is 0 Å². The highest BCUT2D eigenvalue weighted by molar-refractivity contribution is 14.0. The molecule has 2 atom stereocenters. The van der Waals surface area contributed by atoms with E-state index in [0.717, 1.165) is 39.2 Å². The zero-order valence-corrected chi connectivity index (χ0v) is 16.9. The molecule has 7 heteroatoms. The first-order valence-corrected chi connectivity index (χ1v) is 8.97. The van der Waals surface area contributed by atoms with Gasteiger partial charge in [0.25, 0.3) is 0 Å². The highest BCUT2D eigenvalue weighted by Gasteiger charge is 2.31. The summed E-state index contributed by atoms with van der Waals surface area (Å²) in [6.45, 7) is 6.60. The van der Waals surface area contributed by atoms with Gasteiger partial charge in [0.15, 0.2) is 5.96 Å². The number of halogens is 1. The number of aliphatic imine (C=N–C) groups is 1. The molecule has 0 radical (unpaired) electrons. The van der Waals surface area contributed by atoms with Crippen molar-refractivity contribution in [2.45, 2.75) is 51.7 Å². The van der Waals surface area contributed by atoms with Crippen LogP contribution in [0.15, 0.2) is 17.3 Å². The summed E-state index contributed by atoms with van der Waals surface area (Å²) in [6.07, 6.45) is 8.05. The Bertz CT molecular complexity index is 525. The summed E-state index contributed by atoms with van der Waals surface area (Å²) in [5.41, 5.74) is 7.40. The molecule has 3 rings (SSSR count). The Balaban J connectivity index is 0.00000208. The van der Waals surface area contributed by atoms with E-state index in [9.17, 15) is 0 Å². The Morgan fingerprint density at radius 3 is 2.79 bits per heavy atom. The molecule has 2 fully saturated rings. The molecule has 0 bridgehead atoms. The van der Waals surface area contributed by atoms with Crippen LogP contribution in [0, 0.1) is 5.92 Å². The van der Waals surface area contributed by atoms with Gasteiger partial charge in [0.2, 0.25) is 0 Å². The van der Waals surface area contributed by atoms with E-state index in [2.05, 4.69) is 23.0 Å². The minimum absolute atomic E-state index is 0. The molecule has 2 aliphatic rings. The lowest BCUT2D eigenvalue weighted by atomic mass is 9.99.